The first-order chi connectivity index (χ1) is 8.67. The Morgan fingerprint density at radius 2 is 1.94 bits per heavy atom. The zero-order valence-corrected chi connectivity index (χ0v) is 12.4. The summed E-state index contributed by atoms with van der Waals surface area (Å²) in [5.41, 5.74) is 0. The maximum absolute atomic E-state index is 3.61. The zero-order chi connectivity index (χ0) is 12.7. The highest BCUT2D eigenvalue weighted by Gasteiger charge is 2.41. The van der Waals surface area contributed by atoms with Crippen LogP contribution in [0.25, 0.3) is 0 Å². The van der Waals surface area contributed by atoms with E-state index < -0.39 is 0 Å². The van der Waals surface area contributed by atoms with Gasteiger partial charge in [0, 0.05) is 25.2 Å². The largest absolute Gasteiger partial charge is 0.317 e. The molecule has 0 aromatic heterocycles. The van der Waals surface area contributed by atoms with Crippen LogP contribution in [0, 0.1) is 23.7 Å². The van der Waals surface area contributed by atoms with E-state index in [1.54, 1.807) is 0 Å². The Morgan fingerprint density at radius 3 is 2.56 bits per heavy atom. The SMILES string of the molecule is CNC1CC(C)CC(C)C1CN1CC2CCC1C2. The highest BCUT2D eigenvalue weighted by atomic mass is 15.2. The van der Waals surface area contributed by atoms with Crippen LogP contribution in [0.2, 0.25) is 0 Å². The van der Waals surface area contributed by atoms with Crippen molar-refractivity contribution in [3.8, 4) is 0 Å². The molecule has 6 unspecified atom stereocenters. The summed E-state index contributed by atoms with van der Waals surface area (Å²) in [6.07, 6.45) is 7.31. The van der Waals surface area contributed by atoms with Gasteiger partial charge in [-0.25, -0.2) is 0 Å². The fourth-order valence-corrected chi connectivity index (χ4v) is 5.07. The lowest BCUT2D eigenvalue weighted by molar-refractivity contribution is 0.0892. The van der Waals surface area contributed by atoms with Crippen LogP contribution < -0.4 is 5.32 Å². The number of fused-ring (bicyclic) bond motifs is 2. The summed E-state index contributed by atoms with van der Waals surface area (Å²) < 4.78 is 0. The highest BCUT2D eigenvalue weighted by Crippen LogP contribution is 2.40. The summed E-state index contributed by atoms with van der Waals surface area (Å²) in [6, 6.07) is 1.70. The quantitative estimate of drug-likeness (QED) is 0.828. The van der Waals surface area contributed by atoms with Gasteiger partial charge < -0.3 is 5.32 Å². The van der Waals surface area contributed by atoms with Crippen LogP contribution in [0.1, 0.15) is 46.0 Å². The Hall–Kier alpha value is -0.0800. The lowest BCUT2D eigenvalue weighted by Gasteiger charge is -2.43. The number of nitrogens with one attached hydrogen (secondary N) is 1. The van der Waals surface area contributed by atoms with Crippen LogP contribution in [-0.2, 0) is 0 Å². The number of likely N-dealkylation sites (tertiary alicyclic amines) is 1. The molecule has 104 valence electrons. The van der Waals surface area contributed by atoms with Crippen LogP contribution in [0.5, 0.6) is 0 Å². The van der Waals surface area contributed by atoms with E-state index in [4.69, 9.17) is 0 Å². The van der Waals surface area contributed by atoms with Crippen LogP contribution in [0.15, 0.2) is 0 Å². The fourth-order valence-electron chi connectivity index (χ4n) is 5.07. The number of piperidine rings is 1. The summed E-state index contributed by atoms with van der Waals surface area (Å²) >= 11 is 0. The van der Waals surface area contributed by atoms with Crippen LogP contribution in [-0.4, -0.2) is 37.1 Å². The molecule has 2 heteroatoms. The van der Waals surface area contributed by atoms with E-state index in [2.05, 4.69) is 31.1 Å². The minimum Gasteiger partial charge on any atom is -0.317 e. The van der Waals surface area contributed by atoms with E-state index >= 15 is 0 Å². The second-order valence-electron chi connectivity index (χ2n) is 7.40. The monoisotopic (exact) mass is 250 g/mol. The Balaban J connectivity index is 1.63. The van der Waals surface area contributed by atoms with Crippen molar-refractivity contribution >= 4 is 0 Å². The Bertz CT molecular complexity index is 291. The summed E-state index contributed by atoms with van der Waals surface area (Å²) in [6.45, 7) is 7.67. The van der Waals surface area contributed by atoms with Crippen molar-refractivity contribution < 1.29 is 0 Å². The Labute approximate surface area is 113 Å². The third-order valence-electron chi connectivity index (χ3n) is 6.02. The molecule has 3 aliphatic rings. The predicted molar refractivity (Wildman–Crippen MR) is 76.6 cm³/mol. The molecule has 1 saturated heterocycles. The van der Waals surface area contributed by atoms with E-state index in [1.807, 2.05) is 0 Å². The van der Waals surface area contributed by atoms with E-state index in [0.717, 1.165) is 35.8 Å². The zero-order valence-electron chi connectivity index (χ0n) is 12.4. The van der Waals surface area contributed by atoms with E-state index in [-0.39, 0.29) is 0 Å². The smallest absolute Gasteiger partial charge is 0.0110 e. The van der Waals surface area contributed by atoms with E-state index in [0.29, 0.717) is 0 Å². The van der Waals surface area contributed by atoms with Crippen molar-refractivity contribution in [3.63, 3.8) is 0 Å². The molecule has 2 nitrogen and oxygen atoms in total. The molecule has 1 aliphatic heterocycles. The van der Waals surface area contributed by atoms with Gasteiger partial charge in [0.25, 0.3) is 0 Å². The summed E-state index contributed by atoms with van der Waals surface area (Å²) in [5, 5.41) is 3.61. The molecule has 0 amide bonds. The molecule has 1 N–H and O–H groups in total. The lowest BCUT2D eigenvalue weighted by atomic mass is 9.72. The van der Waals surface area contributed by atoms with Crippen LogP contribution in [0.4, 0.5) is 0 Å². The normalized spacial score (nSPS) is 48.8. The first-order valence-electron chi connectivity index (χ1n) is 8.08. The van der Waals surface area contributed by atoms with E-state index in [9.17, 15) is 0 Å². The number of nitrogens with zero attached hydrogens (tertiary/aromatic N) is 1. The topological polar surface area (TPSA) is 15.3 Å². The van der Waals surface area contributed by atoms with Gasteiger partial charge in [-0.15, -0.1) is 0 Å². The number of rotatable bonds is 3. The molecule has 0 radical (unpaired) electrons. The maximum Gasteiger partial charge on any atom is 0.0110 e. The van der Waals surface area contributed by atoms with Crippen molar-refractivity contribution in [2.24, 2.45) is 23.7 Å². The molecular formula is C16H30N2. The van der Waals surface area contributed by atoms with Gasteiger partial charge in [-0.1, -0.05) is 13.8 Å². The lowest BCUT2D eigenvalue weighted by Crippen LogP contribution is -2.49. The fraction of sp³-hybridized carbons (Fsp3) is 1.00. The van der Waals surface area contributed by atoms with Crippen molar-refractivity contribution in [3.05, 3.63) is 0 Å². The van der Waals surface area contributed by atoms with E-state index in [1.165, 1.54) is 45.2 Å². The molecule has 0 aromatic rings. The van der Waals surface area contributed by atoms with Crippen LogP contribution in [0.3, 0.4) is 0 Å². The van der Waals surface area contributed by atoms with Crippen LogP contribution >= 0.6 is 0 Å². The van der Waals surface area contributed by atoms with Gasteiger partial charge in [-0.05, 0) is 62.8 Å². The predicted octanol–water partition coefficient (Wildman–Crippen LogP) is 2.74. The van der Waals surface area contributed by atoms with Gasteiger partial charge in [0.15, 0.2) is 0 Å². The molecule has 0 spiro atoms. The summed E-state index contributed by atoms with van der Waals surface area (Å²) in [4.78, 5) is 2.83. The molecule has 6 atom stereocenters. The Kier molecular flexibility index (Phi) is 3.68. The molecule has 2 saturated carbocycles. The Morgan fingerprint density at radius 1 is 1.11 bits per heavy atom. The minimum atomic E-state index is 0.753. The first-order valence-corrected chi connectivity index (χ1v) is 8.08. The average Bonchev–Trinajstić information content (AvgIpc) is 2.94. The van der Waals surface area contributed by atoms with Gasteiger partial charge in [0.1, 0.15) is 0 Å². The van der Waals surface area contributed by atoms with Crippen molar-refractivity contribution in [1.29, 1.82) is 0 Å². The summed E-state index contributed by atoms with van der Waals surface area (Å²) in [7, 11) is 2.17. The van der Waals surface area contributed by atoms with Gasteiger partial charge in [0.05, 0.1) is 0 Å². The minimum absolute atomic E-state index is 0.753. The van der Waals surface area contributed by atoms with Gasteiger partial charge in [0.2, 0.25) is 0 Å². The van der Waals surface area contributed by atoms with Gasteiger partial charge >= 0.3 is 0 Å². The first kappa shape index (κ1) is 12.9. The molecule has 3 rings (SSSR count). The third-order valence-corrected chi connectivity index (χ3v) is 6.02. The second kappa shape index (κ2) is 5.13. The highest BCUT2D eigenvalue weighted by molar-refractivity contribution is 4.96. The van der Waals surface area contributed by atoms with Gasteiger partial charge in [-0.2, -0.15) is 0 Å². The third kappa shape index (κ3) is 2.34. The maximum atomic E-state index is 3.61. The summed E-state index contributed by atoms with van der Waals surface area (Å²) in [5.74, 6) is 3.72. The molecule has 18 heavy (non-hydrogen) atoms. The molecular weight excluding hydrogens is 220 g/mol. The number of hydrogen-bond acceptors (Lipinski definition) is 2. The van der Waals surface area contributed by atoms with Crippen molar-refractivity contribution in [2.75, 3.05) is 20.1 Å². The standard InChI is InChI=1S/C16H30N2/c1-11-6-12(2)15(16(7-11)17-3)10-18-9-13-4-5-14(18)8-13/h11-17H,4-10H2,1-3H3. The average molecular weight is 250 g/mol. The molecule has 2 aliphatic carbocycles. The van der Waals surface area contributed by atoms with Gasteiger partial charge in [-0.3, -0.25) is 4.90 Å². The molecule has 1 heterocycles. The van der Waals surface area contributed by atoms with Crippen molar-refractivity contribution in [1.82, 2.24) is 10.2 Å². The molecule has 3 fully saturated rings. The number of hydrogen-bond donors (Lipinski definition) is 1. The molecule has 2 bridgehead atoms. The van der Waals surface area contributed by atoms with Crippen molar-refractivity contribution in [2.45, 2.75) is 58.0 Å². The molecule has 0 aromatic carbocycles. The second-order valence-corrected chi connectivity index (χ2v) is 7.40.